The van der Waals surface area contributed by atoms with E-state index in [9.17, 15) is 9.59 Å². The molecule has 1 aromatic rings. The number of likely N-dealkylation sites (N-methyl/N-ethyl adjacent to an activating group) is 1. The maximum Gasteiger partial charge on any atom is 0.341 e. The van der Waals surface area contributed by atoms with Gasteiger partial charge < -0.3 is 20.9 Å². The van der Waals surface area contributed by atoms with Crippen LogP contribution in [0.15, 0.2) is 18.2 Å². The molecule has 4 N–H and O–H groups in total. The fourth-order valence-electron chi connectivity index (χ4n) is 1.29. The number of amides is 1. The molecular weight excluding hydrogens is 224 g/mol. The van der Waals surface area contributed by atoms with Gasteiger partial charge in [-0.25, -0.2) is 4.79 Å². The third-order valence-electron chi connectivity index (χ3n) is 2.01. The highest BCUT2D eigenvalue weighted by molar-refractivity contribution is 5.96. The Balaban J connectivity index is 2.81. The van der Waals surface area contributed by atoms with E-state index in [0.29, 0.717) is 6.54 Å². The van der Waals surface area contributed by atoms with Gasteiger partial charge in [0.1, 0.15) is 11.3 Å². The van der Waals surface area contributed by atoms with Gasteiger partial charge in [-0.3, -0.25) is 4.79 Å². The van der Waals surface area contributed by atoms with Crippen LogP contribution < -0.4 is 15.8 Å². The van der Waals surface area contributed by atoms with E-state index in [1.165, 1.54) is 12.1 Å². The largest absolute Gasteiger partial charge is 0.483 e. The van der Waals surface area contributed by atoms with Crippen LogP contribution in [0.4, 0.5) is 5.69 Å². The molecule has 17 heavy (non-hydrogen) atoms. The monoisotopic (exact) mass is 238 g/mol. The zero-order valence-corrected chi connectivity index (χ0v) is 9.40. The molecule has 0 bridgehead atoms. The van der Waals surface area contributed by atoms with Gasteiger partial charge in [-0.05, 0) is 19.1 Å². The molecule has 6 nitrogen and oxygen atoms in total. The Morgan fingerprint density at radius 3 is 2.76 bits per heavy atom. The van der Waals surface area contributed by atoms with E-state index in [1.807, 2.05) is 0 Å². The standard InChI is InChI=1S/C11H14N2O4/c1-2-13-9(14)6-17-8-5-3-4-7(12)10(8)11(15)16/h3-5H,2,6,12H2,1H3,(H,13,14)(H,15,16). The molecule has 0 spiro atoms. The minimum atomic E-state index is -1.19. The molecule has 0 aromatic heterocycles. The summed E-state index contributed by atoms with van der Waals surface area (Å²) < 4.78 is 5.12. The summed E-state index contributed by atoms with van der Waals surface area (Å²) in [6.07, 6.45) is 0. The summed E-state index contributed by atoms with van der Waals surface area (Å²) in [7, 11) is 0. The van der Waals surface area contributed by atoms with Crippen LogP contribution in [0.5, 0.6) is 5.75 Å². The molecule has 0 saturated carbocycles. The van der Waals surface area contributed by atoms with E-state index in [1.54, 1.807) is 13.0 Å². The second kappa shape index (κ2) is 5.74. The van der Waals surface area contributed by atoms with Crippen LogP contribution in [0.2, 0.25) is 0 Å². The van der Waals surface area contributed by atoms with Crippen LogP contribution in [0.25, 0.3) is 0 Å². The van der Waals surface area contributed by atoms with Crippen molar-refractivity contribution in [3.63, 3.8) is 0 Å². The topological polar surface area (TPSA) is 102 Å². The predicted octanol–water partition coefficient (Wildman–Crippen LogP) is 0.482. The number of carbonyl (C=O) groups is 2. The van der Waals surface area contributed by atoms with Gasteiger partial charge in [0.25, 0.3) is 5.91 Å². The zero-order chi connectivity index (χ0) is 12.8. The van der Waals surface area contributed by atoms with Crippen molar-refractivity contribution < 1.29 is 19.4 Å². The Bertz CT molecular complexity index is 431. The number of aromatic carboxylic acids is 1. The first-order valence-electron chi connectivity index (χ1n) is 5.07. The number of hydrogen-bond donors (Lipinski definition) is 3. The molecule has 0 heterocycles. The Morgan fingerprint density at radius 1 is 1.47 bits per heavy atom. The van der Waals surface area contributed by atoms with E-state index in [0.717, 1.165) is 0 Å². The number of benzene rings is 1. The lowest BCUT2D eigenvalue weighted by Crippen LogP contribution is -2.28. The number of anilines is 1. The van der Waals surface area contributed by atoms with Gasteiger partial charge in [0.2, 0.25) is 0 Å². The van der Waals surface area contributed by atoms with Gasteiger partial charge in [0, 0.05) is 12.2 Å². The SMILES string of the molecule is CCNC(=O)COc1cccc(N)c1C(=O)O. The van der Waals surface area contributed by atoms with Crippen LogP contribution in [0.1, 0.15) is 17.3 Å². The van der Waals surface area contributed by atoms with E-state index in [-0.39, 0.29) is 29.5 Å². The molecule has 6 heteroatoms. The summed E-state index contributed by atoms with van der Waals surface area (Å²) in [5.74, 6) is -1.41. The lowest BCUT2D eigenvalue weighted by atomic mass is 10.1. The van der Waals surface area contributed by atoms with E-state index in [4.69, 9.17) is 15.6 Å². The lowest BCUT2D eigenvalue weighted by Gasteiger charge is -2.10. The number of nitrogen functional groups attached to an aromatic ring is 1. The second-order valence-electron chi connectivity index (χ2n) is 3.27. The molecule has 1 amide bonds. The summed E-state index contributed by atoms with van der Waals surface area (Å²) >= 11 is 0. The van der Waals surface area contributed by atoms with E-state index in [2.05, 4.69) is 5.32 Å². The number of rotatable bonds is 5. The number of carboxylic acids is 1. The van der Waals surface area contributed by atoms with Crippen molar-refractivity contribution in [2.24, 2.45) is 0 Å². The van der Waals surface area contributed by atoms with Crippen LogP contribution in [0, 0.1) is 0 Å². The smallest absolute Gasteiger partial charge is 0.341 e. The molecule has 1 rings (SSSR count). The van der Waals surface area contributed by atoms with Gasteiger partial charge >= 0.3 is 5.97 Å². The van der Waals surface area contributed by atoms with Gasteiger partial charge in [-0.2, -0.15) is 0 Å². The van der Waals surface area contributed by atoms with Crippen molar-refractivity contribution in [1.82, 2.24) is 5.32 Å². The predicted molar refractivity (Wildman–Crippen MR) is 62.0 cm³/mol. The first-order valence-corrected chi connectivity index (χ1v) is 5.07. The summed E-state index contributed by atoms with van der Waals surface area (Å²) in [6, 6.07) is 4.48. The van der Waals surface area contributed by atoms with Gasteiger partial charge in [-0.15, -0.1) is 0 Å². The average Bonchev–Trinajstić information content (AvgIpc) is 2.26. The third-order valence-corrected chi connectivity index (χ3v) is 2.01. The normalized spacial score (nSPS) is 9.71. The first-order chi connectivity index (χ1) is 8.06. The molecule has 0 saturated heterocycles. The summed E-state index contributed by atoms with van der Waals surface area (Å²) in [6.45, 7) is 2.03. The van der Waals surface area contributed by atoms with Crippen LogP contribution in [-0.4, -0.2) is 30.1 Å². The molecule has 0 radical (unpaired) electrons. The van der Waals surface area contributed by atoms with E-state index >= 15 is 0 Å². The molecule has 0 aliphatic heterocycles. The molecule has 0 aliphatic carbocycles. The van der Waals surface area contributed by atoms with Gasteiger partial charge in [0.15, 0.2) is 6.61 Å². The Hall–Kier alpha value is -2.24. The number of carboxylic acid groups (broad SMARTS) is 1. The maximum atomic E-state index is 11.2. The minimum absolute atomic E-state index is 0.0868. The van der Waals surface area contributed by atoms with Gasteiger partial charge in [0.05, 0.1) is 0 Å². The number of carbonyl (C=O) groups excluding carboxylic acids is 1. The van der Waals surface area contributed by atoms with Crippen molar-refractivity contribution in [2.75, 3.05) is 18.9 Å². The number of hydrogen-bond acceptors (Lipinski definition) is 4. The summed E-state index contributed by atoms with van der Waals surface area (Å²) in [5.41, 5.74) is 5.50. The van der Waals surface area contributed by atoms with Gasteiger partial charge in [-0.1, -0.05) is 6.07 Å². The molecule has 92 valence electrons. The zero-order valence-electron chi connectivity index (χ0n) is 9.40. The quantitative estimate of drug-likeness (QED) is 0.648. The first kappa shape index (κ1) is 12.8. The number of nitrogens with one attached hydrogen (secondary N) is 1. The fraction of sp³-hybridized carbons (Fsp3) is 0.273. The minimum Gasteiger partial charge on any atom is -0.483 e. The molecule has 0 unspecified atom stereocenters. The van der Waals surface area contributed by atoms with Crippen molar-refractivity contribution in [3.8, 4) is 5.75 Å². The van der Waals surface area contributed by atoms with Crippen molar-refractivity contribution in [2.45, 2.75) is 6.92 Å². The summed E-state index contributed by atoms with van der Waals surface area (Å²) in [4.78, 5) is 22.1. The Kier molecular flexibility index (Phi) is 4.33. The number of ether oxygens (including phenoxy) is 1. The molecule has 0 aliphatic rings. The molecular formula is C11H14N2O4. The highest BCUT2D eigenvalue weighted by Crippen LogP contribution is 2.24. The average molecular weight is 238 g/mol. The Labute approximate surface area is 98.4 Å². The van der Waals surface area contributed by atoms with Crippen molar-refractivity contribution in [1.29, 1.82) is 0 Å². The summed E-state index contributed by atoms with van der Waals surface area (Å²) in [5, 5.41) is 11.5. The van der Waals surface area contributed by atoms with Crippen LogP contribution in [-0.2, 0) is 4.79 Å². The lowest BCUT2D eigenvalue weighted by molar-refractivity contribution is -0.123. The van der Waals surface area contributed by atoms with Crippen LogP contribution >= 0.6 is 0 Å². The molecule has 1 aromatic carbocycles. The number of nitrogens with two attached hydrogens (primary N) is 1. The maximum absolute atomic E-state index is 11.2. The third kappa shape index (κ3) is 3.37. The Morgan fingerprint density at radius 2 is 2.18 bits per heavy atom. The fourth-order valence-corrected chi connectivity index (χ4v) is 1.29. The second-order valence-corrected chi connectivity index (χ2v) is 3.27. The van der Waals surface area contributed by atoms with Crippen molar-refractivity contribution in [3.05, 3.63) is 23.8 Å². The highest BCUT2D eigenvalue weighted by Gasteiger charge is 2.15. The van der Waals surface area contributed by atoms with E-state index < -0.39 is 5.97 Å². The molecule has 0 atom stereocenters. The highest BCUT2D eigenvalue weighted by atomic mass is 16.5. The van der Waals surface area contributed by atoms with Crippen LogP contribution in [0.3, 0.4) is 0 Å². The molecule has 0 fully saturated rings. The van der Waals surface area contributed by atoms with Crippen molar-refractivity contribution >= 4 is 17.6 Å².